The topological polar surface area (TPSA) is 43.4 Å². The number of ketones is 1. The van der Waals surface area contributed by atoms with Crippen molar-refractivity contribution in [2.24, 2.45) is 0 Å². The van der Waals surface area contributed by atoms with Crippen molar-refractivity contribution in [1.82, 2.24) is 0 Å². The summed E-state index contributed by atoms with van der Waals surface area (Å²) in [5.74, 6) is -0.795. The van der Waals surface area contributed by atoms with E-state index in [1.807, 2.05) is 33.8 Å². The van der Waals surface area contributed by atoms with E-state index in [4.69, 9.17) is 16.3 Å². The molecule has 0 heterocycles. The zero-order valence-corrected chi connectivity index (χ0v) is 13.4. The maximum atomic E-state index is 11.9. The summed E-state index contributed by atoms with van der Waals surface area (Å²) < 4.78 is 4.94. The lowest BCUT2D eigenvalue weighted by molar-refractivity contribution is -0.142. The highest BCUT2D eigenvalue weighted by Gasteiger charge is 2.15. The summed E-state index contributed by atoms with van der Waals surface area (Å²) >= 11 is 5.93. The molecular formula is C16H23ClO3. The Morgan fingerprint density at radius 1 is 1.25 bits per heavy atom. The first-order valence-electron chi connectivity index (χ1n) is 6.99. The molecule has 20 heavy (non-hydrogen) atoms. The lowest BCUT2D eigenvalue weighted by Crippen LogP contribution is -2.12. The molecule has 3 nitrogen and oxygen atoms in total. The summed E-state index contributed by atoms with van der Waals surface area (Å²) in [5.41, 5.74) is 1.31. The average Bonchev–Trinajstić information content (AvgIpc) is 2.44. The normalized spacial score (nSPS) is 9.45. The predicted molar refractivity (Wildman–Crippen MR) is 82.4 cm³/mol. The number of hydrogen-bond acceptors (Lipinski definition) is 3. The SMILES string of the molecule is CC.CCCCOC(=O)CC(=O)c1cc(C)ccc1Cl. The molecule has 0 aromatic heterocycles. The fourth-order valence-corrected chi connectivity index (χ4v) is 1.68. The van der Waals surface area contributed by atoms with Gasteiger partial charge >= 0.3 is 5.97 Å². The number of carbonyl (C=O) groups excluding carboxylic acids is 2. The summed E-state index contributed by atoms with van der Waals surface area (Å²) in [4.78, 5) is 23.3. The van der Waals surface area contributed by atoms with Gasteiger partial charge in [-0.1, -0.05) is 50.4 Å². The third-order valence-electron chi connectivity index (χ3n) is 2.49. The summed E-state index contributed by atoms with van der Waals surface area (Å²) in [7, 11) is 0. The minimum atomic E-state index is -0.494. The number of halogens is 1. The lowest BCUT2D eigenvalue weighted by Gasteiger charge is -2.05. The van der Waals surface area contributed by atoms with Crippen molar-refractivity contribution < 1.29 is 14.3 Å². The molecule has 0 saturated heterocycles. The molecule has 1 aromatic carbocycles. The van der Waals surface area contributed by atoms with Crippen molar-refractivity contribution in [2.75, 3.05) is 6.61 Å². The molecule has 4 heteroatoms. The van der Waals surface area contributed by atoms with Crippen molar-refractivity contribution >= 4 is 23.4 Å². The van der Waals surface area contributed by atoms with E-state index < -0.39 is 5.97 Å². The number of rotatable bonds is 6. The molecule has 0 aliphatic heterocycles. The molecule has 0 spiro atoms. The predicted octanol–water partition coefficient (Wildman–Crippen LogP) is 4.59. The number of Topliss-reactive ketones (excluding diaryl/α,β-unsaturated/α-hetero) is 1. The van der Waals surface area contributed by atoms with Gasteiger partial charge in [0.2, 0.25) is 0 Å². The fraction of sp³-hybridized carbons (Fsp3) is 0.500. The van der Waals surface area contributed by atoms with E-state index >= 15 is 0 Å². The van der Waals surface area contributed by atoms with Crippen LogP contribution in [-0.4, -0.2) is 18.4 Å². The first kappa shape index (κ1) is 18.7. The second-order valence-electron chi connectivity index (χ2n) is 4.16. The van der Waals surface area contributed by atoms with Crippen LogP contribution >= 0.6 is 11.6 Å². The van der Waals surface area contributed by atoms with Gasteiger partial charge in [-0.05, 0) is 25.5 Å². The van der Waals surface area contributed by atoms with Crippen LogP contribution in [0.5, 0.6) is 0 Å². The molecule has 0 fully saturated rings. The lowest BCUT2D eigenvalue weighted by atomic mass is 10.1. The molecule has 1 rings (SSSR count). The minimum Gasteiger partial charge on any atom is -0.465 e. The van der Waals surface area contributed by atoms with Gasteiger partial charge in [-0.2, -0.15) is 0 Å². The Labute approximate surface area is 126 Å². The summed E-state index contributed by atoms with van der Waals surface area (Å²) in [6, 6.07) is 5.16. The Balaban J connectivity index is 0.00000172. The summed E-state index contributed by atoms with van der Waals surface area (Å²) in [5, 5.41) is 0.368. The quantitative estimate of drug-likeness (QED) is 0.334. The van der Waals surface area contributed by atoms with Crippen LogP contribution in [0, 0.1) is 6.92 Å². The van der Waals surface area contributed by atoms with E-state index in [1.54, 1.807) is 12.1 Å². The maximum absolute atomic E-state index is 11.9. The van der Waals surface area contributed by atoms with Gasteiger partial charge in [-0.25, -0.2) is 0 Å². The first-order valence-corrected chi connectivity index (χ1v) is 7.37. The number of hydrogen-bond donors (Lipinski definition) is 0. The van der Waals surface area contributed by atoms with Gasteiger partial charge in [0.25, 0.3) is 0 Å². The Kier molecular flexibility index (Phi) is 9.73. The highest BCUT2D eigenvalue weighted by molar-refractivity contribution is 6.34. The molecule has 0 amide bonds. The number of aryl methyl sites for hydroxylation is 1. The molecule has 0 N–H and O–H groups in total. The molecule has 0 atom stereocenters. The van der Waals surface area contributed by atoms with Gasteiger partial charge in [0.15, 0.2) is 5.78 Å². The van der Waals surface area contributed by atoms with E-state index in [1.165, 1.54) is 0 Å². The van der Waals surface area contributed by atoms with E-state index in [2.05, 4.69) is 0 Å². The standard InChI is InChI=1S/C14H17ClO3.C2H6/c1-3-4-7-18-14(17)9-13(16)11-8-10(2)5-6-12(11)15;1-2/h5-6,8H,3-4,7,9H2,1-2H3;1-2H3. The summed E-state index contributed by atoms with van der Waals surface area (Å²) in [6.45, 7) is 8.24. The van der Waals surface area contributed by atoms with Crippen LogP contribution in [0.4, 0.5) is 0 Å². The monoisotopic (exact) mass is 298 g/mol. The maximum Gasteiger partial charge on any atom is 0.313 e. The Bertz CT molecular complexity index is 441. The van der Waals surface area contributed by atoms with Crippen molar-refractivity contribution in [1.29, 1.82) is 0 Å². The second-order valence-corrected chi connectivity index (χ2v) is 4.56. The highest BCUT2D eigenvalue weighted by atomic mass is 35.5. The minimum absolute atomic E-state index is 0.257. The van der Waals surface area contributed by atoms with Crippen LogP contribution in [0.3, 0.4) is 0 Å². The van der Waals surface area contributed by atoms with Crippen molar-refractivity contribution in [3.8, 4) is 0 Å². The number of benzene rings is 1. The van der Waals surface area contributed by atoms with Crippen molar-refractivity contribution in [3.63, 3.8) is 0 Å². The molecule has 0 saturated carbocycles. The zero-order valence-electron chi connectivity index (χ0n) is 12.7. The summed E-state index contributed by atoms with van der Waals surface area (Å²) in [6.07, 6.45) is 1.50. The zero-order chi connectivity index (χ0) is 15.5. The first-order chi connectivity index (χ1) is 9.54. The molecule has 1 aromatic rings. The van der Waals surface area contributed by atoms with Gasteiger partial charge < -0.3 is 4.74 Å². The number of esters is 1. The van der Waals surface area contributed by atoms with Crippen molar-refractivity contribution in [2.45, 2.75) is 47.0 Å². The van der Waals surface area contributed by atoms with Crippen LogP contribution in [0.2, 0.25) is 5.02 Å². The second kappa shape index (κ2) is 10.4. The van der Waals surface area contributed by atoms with Gasteiger partial charge in [-0.15, -0.1) is 0 Å². The smallest absolute Gasteiger partial charge is 0.313 e. The Morgan fingerprint density at radius 2 is 1.90 bits per heavy atom. The van der Waals surface area contributed by atoms with Gasteiger partial charge in [0.1, 0.15) is 6.42 Å². The number of ether oxygens (including phenoxy) is 1. The molecule has 112 valence electrons. The number of carbonyl (C=O) groups is 2. The van der Waals surface area contributed by atoms with E-state index in [0.717, 1.165) is 18.4 Å². The number of unbranched alkanes of at least 4 members (excludes halogenated alkanes) is 1. The van der Waals surface area contributed by atoms with Gasteiger partial charge in [0, 0.05) is 5.56 Å². The van der Waals surface area contributed by atoms with Crippen molar-refractivity contribution in [3.05, 3.63) is 34.3 Å². The molecule has 0 aliphatic rings. The highest BCUT2D eigenvalue weighted by Crippen LogP contribution is 2.19. The third kappa shape index (κ3) is 6.71. The van der Waals surface area contributed by atoms with Crippen LogP contribution < -0.4 is 0 Å². The molecule has 0 bridgehead atoms. The van der Waals surface area contributed by atoms with Crippen LogP contribution in [0.15, 0.2) is 18.2 Å². The third-order valence-corrected chi connectivity index (χ3v) is 2.82. The Morgan fingerprint density at radius 3 is 2.50 bits per heavy atom. The Hall–Kier alpha value is -1.35. The van der Waals surface area contributed by atoms with Crippen LogP contribution in [-0.2, 0) is 9.53 Å². The van der Waals surface area contributed by atoms with Crippen LogP contribution in [0.25, 0.3) is 0 Å². The van der Waals surface area contributed by atoms with Gasteiger partial charge in [0.05, 0.1) is 11.6 Å². The average molecular weight is 299 g/mol. The molecule has 0 unspecified atom stereocenters. The molecule has 0 radical (unpaired) electrons. The van der Waals surface area contributed by atoms with E-state index in [0.29, 0.717) is 17.2 Å². The molecular weight excluding hydrogens is 276 g/mol. The largest absolute Gasteiger partial charge is 0.465 e. The fourth-order valence-electron chi connectivity index (χ4n) is 1.46. The van der Waals surface area contributed by atoms with Crippen LogP contribution in [0.1, 0.15) is 56.0 Å². The van der Waals surface area contributed by atoms with E-state index in [9.17, 15) is 9.59 Å². The van der Waals surface area contributed by atoms with Gasteiger partial charge in [-0.3, -0.25) is 9.59 Å². The van der Waals surface area contributed by atoms with E-state index in [-0.39, 0.29) is 12.2 Å². The molecule has 0 aliphatic carbocycles.